The van der Waals surface area contributed by atoms with Crippen LogP contribution in [-0.4, -0.2) is 76.2 Å². The molecule has 0 bridgehead atoms. The molecule has 1 aliphatic rings. The number of benzene rings is 2. The van der Waals surface area contributed by atoms with Gasteiger partial charge in [0.15, 0.2) is 5.75 Å². The van der Waals surface area contributed by atoms with Crippen LogP contribution in [0.5, 0.6) is 11.5 Å². The van der Waals surface area contributed by atoms with Gasteiger partial charge in [0, 0.05) is 45.0 Å². The lowest BCUT2D eigenvalue weighted by atomic mass is 10.1. The topological polar surface area (TPSA) is 99.5 Å². The number of nitrogens with zero attached hydrogens (tertiary/aromatic N) is 6. The summed E-state index contributed by atoms with van der Waals surface area (Å²) in [4.78, 5) is 16.1. The summed E-state index contributed by atoms with van der Waals surface area (Å²) < 4.78 is 20.5. The van der Waals surface area contributed by atoms with Gasteiger partial charge < -0.3 is 24.4 Å². The Hall–Kier alpha value is -3.80. The molecular weight excluding hydrogens is 514 g/mol. The zero-order chi connectivity index (χ0) is 26.8. The van der Waals surface area contributed by atoms with Crippen LogP contribution in [0.25, 0.3) is 32.4 Å². The van der Waals surface area contributed by atoms with Crippen LogP contribution in [0, 0.1) is 0 Å². The maximum atomic E-state index is 6.74. The zero-order valence-electron chi connectivity index (χ0n) is 22.3. The summed E-state index contributed by atoms with van der Waals surface area (Å²) in [5, 5.41) is 8.99. The van der Waals surface area contributed by atoms with Crippen molar-refractivity contribution in [3.8, 4) is 22.8 Å². The van der Waals surface area contributed by atoms with Crippen LogP contribution in [0.15, 0.2) is 48.4 Å². The van der Waals surface area contributed by atoms with Crippen LogP contribution in [0.3, 0.4) is 0 Å². The lowest BCUT2D eigenvalue weighted by Gasteiger charge is -2.32. The summed E-state index contributed by atoms with van der Waals surface area (Å²) in [5.41, 5.74) is 6.15. The van der Waals surface area contributed by atoms with Gasteiger partial charge in [0.1, 0.15) is 29.7 Å². The molecule has 0 unspecified atom stereocenters. The monoisotopic (exact) mass is 545 g/mol. The van der Waals surface area contributed by atoms with E-state index >= 15 is 0 Å². The highest BCUT2D eigenvalue weighted by Gasteiger charge is 2.24. The Bertz CT molecular complexity index is 1590. The second kappa shape index (κ2) is 11.1. The van der Waals surface area contributed by atoms with Crippen LogP contribution in [0.1, 0.15) is 12.8 Å². The molecule has 11 heteroatoms. The molecule has 6 rings (SSSR count). The highest BCUT2D eigenvalue weighted by Crippen LogP contribution is 2.39. The van der Waals surface area contributed by atoms with Crippen LogP contribution < -0.4 is 14.8 Å². The number of hydrogen-bond acceptors (Lipinski definition) is 10. The van der Waals surface area contributed by atoms with Crippen LogP contribution in [-0.2, 0) is 11.8 Å². The average Bonchev–Trinajstić information content (AvgIpc) is 3.58. The van der Waals surface area contributed by atoms with Crippen LogP contribution in [0.4, 0.5) is 11.5 Å². The molecule has 2 aromatic carbocycles. The maximum Gasteiger partial charge on any atom is 0.164 e. The predicted molar refractivity (Wildman–Crippen MR) is 153 cm³/mol. The van der Waals surface area contributed by atoms with E-state index in [1.165, 1.54) is 0 Å². The summed E-state index contributed by atoms with van der Waals surface area (Å²) >= 11 is 1.61. The number of methoxy groups -OCH3 is 2. The van der Waals surface area contributed by atoms with Crippen LogP contribution >= 0.6 is 11.3 Å². The minimum atomic E-state index is 0.0782. The number of likely N-dealkylation sites (tertiary alicyclic amines) is 1. The van der Waals surface area contributed by atoms with Crippen molar-refractivity contribution < 1.29 is 14.2 Å². The average molecular weight is 546 g/mol. The number of aromatic nitrogens is 5. The smallest absolute Gasteiger partial charge is 0.164 e. The van der Waals surface area contributed by atoms with Crippen LogP contribution in [0.2, 0.25) is 0 Å². The number of fused-ring (bicyclic) bond motifs is 2. The van der Waals surface area contributed by atoms with E-state index in [0.29, 0.717) is 11.6 Å². The second-order valence-electron chi connectivity index (χ2n) is 9.62. The van der Waals surface area contributed by atoms with E-state index in [1.807, 2.05) is 43.0 Å². The van der Waals surface area contributed by atoms with Crippen molar-refractivity contribution in [2.45, 2.75) is 18.9 Å². The normalized spacial score (nSPS) is 14.7. The number of anilines is 2. The minimum absolute atomic E-state index is 0.0782. The molecule has 0 atom stereocenters. The first-order valence-corrected chi connectivity index (χ1v) is 13.8. The lowest BCUT2D eigenvalue weighted by Crippen LogP contribution is -2.39. The maximum absolute atomic E-state index is 6.74. The Morgan fingerprint density at radius 2 is 1.90 bits per heavy atom. The summed E-state index contributed by atoms with van der Waals surface area (Å²) in [6, 6.07) is 10.2. The number of hydrogen-bond donors (Lipinski definition) is 1. The van der Waals surface area contributed by atoms with Gasteiger partial charge in [-0.1, -0.05) is 0 Å². The van der Waals surface area contributed by atoms with Gasteiger partial charge in [0.05, 0.1) is 46.5 Å². The molecular formula is C28H31N7O3S. The van der Waals surface area contributed by atoms with E-state index in [9.17, 15) is 0 Å². The number of piperidine rings is 1. The van der Waals surface area contributed by atoms with Gasteiger partial charge in [-0.3, -0.25) is 4.68 Å². The molecule has 0 aliphatic carbocycles. The second-order valence-corrected chi connectivity index (χ2v) is 10.5. The molecule has 1 fully saturated rings. The molecule has 3 aromatic heterocycles. The summed E-state index contributed by atoms with van der Waals surface area (Å²) in [5.74, 6) is 2.11. The molecule has 1 saturated heterocycles. The SMILES string of the molecule is COCCN1CCC(Oc2cc(-c3nn(C)cc3OC)cc3ncnc(Nc4ccc5ncsc5c4)c23)CC1. The number of aryl methyl sites for hydroxylation is 1. The fourth-order valence-corrected chi connectivity index (χ4v) is 5.73. The fourth-order valence-electron chi connectivity index (χ4n) is 5.01. The molecule has 0 amide bonds. The van der Waals surface area contributed by atoms with Gasteiger partial charge in [0.25, 0.3) is 0 Å². The van der Waals surface area contributed by atoms with E-state index in [2.05, 4.69) is 36.3 Å². The Morgan fingerprint density at radius 3 is 2.72 bits per heavy atom. The highest BCUT2D eigenvalue weighted by atomic mass is 32.1. The van der Waals surface area contributed by atoms with Crippen molar-refractivity contribution >= 4 is 44.0 Å². The summed E-state index contributed by atoms with van der Waals surface area (Å²) in [6.45, 7) is 3.61. The zero-order valence-corrected chi connectivity index (χ0v) is 23.1. The van der Waals surface area contributed by atoms with E-state index in [1.54, 1.807) is 36.6 Å². The number of ether oxygens (including phenoxy) is 3. The molecule has 202 valence electrons. The van der Waals surface area contributed by atoms with Gasteiger partial charge in [-0.2, -0.15) is 5.10 Å². The van der Waals surface area contributed by atoms with Crippen molar-refractivity contribution in [1.82, 2.24) is 29.6 Å². The third kappa shape index (κ3) is 5.38. The van der Waals surface area contributed by atoms with Gasteiger partial charge in [-0.25, -0.2) is 15.0 Å². The quantitative estimate of drug-likeness (QED) is 0.278. The molecule has 0 saturated carbocycles. The van der Waals surface area contributed by atoms with E-state index in [0.717, 1.165) is 82.9 Å². The Morgan fingerprint density at radius 1 is 1.03 bits per heavy atom. The molecule has 0 spiro atoms. The number of rotatable bonds is 9. The summed E-state index contributed by atoms with van der Waals surface area (Å²) in [7, 11) is 5.28. The van der Waals surface area contributed by atoms with Crippen molar-refractivity contribution in [2.24, 2.45) is 7.05 Å². The van der Waals surface area contributed by atoms with Crippen molar-refractivity contribution in [2.75, 3.05) is 45.8 Å². The first-order valence-electron chi connectivity index (χ1n) is 13.0. The van der Waals surface area contributed by atoms with Gasteiger partial charge in [-0.05, 0) is 43.2 Å². The first-order chi connectivity index (χ1) is 19.1. The lowest BCUT2D eigenvalue weighted by molar-refractivity contribution is 0.0805. The van der Waals surface area contributed by atoms with Crippen molar-refractivity contribution in [1.29, 1.82) is 0 Å². The predicted octanol–water partition coefficient (Wildman–Crippen LogP) is 4.88. The molecule has 0 radical (unpaired) electrons. The number of thiazole rings is 1. The summed E-state index contributed by atoms with van der Waals surface area (Å²) in [6.07, 6.45) is 5.38. The van der Waals surface area contributed by atoms with Gasteiger partial charge >= 0.3 is 0 Å². The third-order valence-electron chi connectivity index (χ3n) is 7.02. The van der Waals surface area contributed by atoms with Crippen molar-refractivity contribution in [3.05, 3.63) is 48.4 Å². The van der Waals surface area contributed by atoms with E-state index in [-0.39, 0.29) is 6.10 Å². The minimum Gasteiger partial charge on any atom is -0.493 e. The molecule has 4 heterocycles. The molecule has 39 heavy (non-hydrogen) atoms. The highest BCUT2D eigenvalue weighted by molar-refractivity contribution is 7.16. The standard InChI is InChI=1S/C28H31N7O3S/c1-34-15-24(37-3)27(33-34)18-12-22-26(23(13-18)38-20-6-8-35(9-7-20)10-11-36-2)28(30-16-29-22)32-19-4-5-21-25(14-19)39-17-31-21/h4-5,12-17,20H,6-11H2,1-3H3,(H,29,30,32). The Kier molecular flexibility index (Phi) is 7.27. The van der Waals surface area contributed by atoms with Gasteiger partial charge in [-0.15, -0.1) is 11.3 Å². The molecule has 10 nitrogen and oxygen atoms in total. The fraction of sp³-hybridized carbons (Fsp3) is 0.357. The first kappa shape index (κ1) is 25.5. The third-order valence-corrected chi connectivity index (χ3v) is 7.82. The molecule has 5 aromatic rings. The van der Waals surface area contributed by atoms with E-state index < -0.39 is 0 Å². The van der Waals surface area contributed by atoms with Crippen molar-refractivity contribution in [3.63, 3.8) is 0 Å². The Balaban J connectivity index is 1.38. The van der Waals surface area contributed by atoms with Gasteiger partial charge in [0.2, 0.25) is 0 Å². The largest absolute Gasteiger partial charge is 0.493 e. The molecule has 1 aliphatic heterocycles. The van der Waals surface area contributed by atoms with E-state index in [4.69, 9.17) is 14.2 Å². The molecule has 1 N–H and O–H groups in total. The Labute approximate surface area is 230 Å². The number of nitrogens with one attached hydrogen (secondary N) is 1.